The number of hydrogen-bond donors (Lipinski definition) is 1. The fraction of sp³-hybridized carbons (Fsp3) is 0.591. The van der Waals surface area contributed by atoms with Crippen LogP contribution in [-0.4, -0.2) is 55.0 Å². The first-order valence-corrected chi connectivity index (χ1v) is 10.4. The molecule has 0 saturated carbocycles. The molecule has 1 aromatic carbocycles. The number of unbranched alkanes of at least 4 members (excludes halogenated alkanes) is 1. The SMILES string of the molecule is CCCCOc1cccc(C(=O)N2CCNC(=O)C2CC(=O)OCCC(C)C)c1. The van der Waals surface area contributed by atoms with Crippen LogP contribution in [0.4, 0.5) is 0 Å². The van der Waals surface area contributed by atoms with E-state index in [1.54, 1.807) is 24.3 Å². The van der Waals surface area contributed by atoms with Gasteiger partial charge in [-0.15, -0.1) is 0 Å². The van der Waals surface area contributed by atoms with Gasteiger partial charge >= 0.3 is 5.97 Å². The van der Waals surface area contributed by atoms with Crippen LogP contribution < -0.4 is 10.1 Å². The molecule has 1 heterocycles. The summed E-state index contributed by atoms with van der Waals surface area (Å²) in [6.07, 6.45) is 2.57. The molecule has 1 aliphatic heterocycles. The lowest BCUT2D eigenvalue weighted by atomic mass is 10.1. The molecule has 0 aliphatic carbocycles. The molecule has 1 saturated heterocycles. The van der Waals surface area contributed by atoms with Crippen molar-refractivity contribution in [1.29, 1.82) is 0 Å². The largest absolute Gasteiger partial charge is 0.494 e. The third-order valence-corrected chi connectivity index (χ3v) is 4.76. The summed E-state index contributed by atoms with van der Waals surface area (Å²) in [5.74, 6) is -0.0511. The number of nitrogens with one attached hydrogen (secondary N) is 1. The van der Waals surface area contributed by atoms with E-state index >= 15 is 0 Å². The van der Waals surface area contributed by atoms with Crippen molar-refractivity contribution in [3.63, 3.8) is 0 Å². The van der Waals surface area contributed by atoms with Crippen LogP contribution in [0.3, 0.4) is 0 Å². The molecule has 0 bridgehead atoms. The molecule has 1 aromatic rings. The van der Waals surface area contributed by atoms with E-state index in [4.69, 9.17) is 9.47 Å². The van der Waals surface area contributed by atoms with Crippen molar-refractivity contribution in [2.45, 2.75) is 52.5 Å². The average molecular weight is 405 g/mol. The van der Waals surface area contributed by atoms with Gasteiger partial charge in [0.05, 0.1) is 19.6 Å². The molecule has 1 N–H and O–H groups in total. The second-order valence-corrected chi connectivity index (χ2v) is 7.64. The second-order valence-electron chi connectivity index (χ2n) is 7.64. The van der Waals surface area contributed by atoms with Crippen LogP contribution in [0, 0.1) is 5.92 Å². The number of esters is 1. The number of carbonyl (C=O) groups is 3. The summed E-state index contributed by atoms with van der Waals surface area (Å²) < 4.78 is 10.9. The molecule has 0 radical (unpaired) electrons. The number of piperazine rings is 1. The van der Waals surface area contributed by atoms with E-state index in [9.17, 15) is 14.4 Å². The number of nitrogens with zero attached hydrogens (tertiary/aromatic N) is 1. The standard InChI is InChI=1S/C22H32N2O5/c1-4-5-12-28-18-8-6-7-17(14-18)22(27)24-11-10-23-21(26)19(24)15-20(25)29-13-9-16(2)3/h6-8,14,16,19H,4-5,9-13,15H2,1-3H3,(H,23,26). The maximum atomic E-state index is 13.1. The predicted molar refractivity (Wildman–Crippen MR) is 110 cm³/mol. The second kappa shape index (κ2) is 11.4. The molecule has 0 spiro atoms. The molecule has 7 nitrogen and oxygen atoms in total. The Morgan fingerprint density at radius 3 is 2.79 bits per heavy atom. The van der Waals surface area contributed by atoms with E-state index in [1.807, 2.05) is 13.8 Å². The zero-order valence-electron chi connectivity index (χ0n) is 17.6. The Labute approximate surface area is 172 Å². The van der Waals surface area contributed by atoms with E-state index < -0.39 is 12.0 Å². The van der Waals surface area contributed by atoms with Crippen LogP contribution in [0.1, 0.15) is 56.8 Å². The molecule has 2 rings (SSSR count). The summed E-state index contributed by atoms with van der Waals surface area (Å²) in [6, 6.07) is 6.07. The van der Waals surface area contributed by atoms with Crippen molar-refractivity contribution in [3.05, 3.63) is 29.8 Å². The molecule has 1 fully saturated rings. The Hall–Kier alpha value is -2.57. The lowest BCUT2D eigenvalue weighted by Gasteiger charge is -2.34. The summed E-state index contributed by atoms with van der Waals surface area (Å²) in [4.78, 5) is 39.1. The maximum absolute atomic E-state index is 13.1. The van der Waals surface area contributed by atoms with Crippen LogP contribution in [-0.2, 0) is 14.3 Å². The topological polar surface area (TPSA) is 84.9 Å². The van der Waals surface area contributed by atoms with Crippen molar-refractivity contribution in [1.82, 2.24) is 10.2 Å². The molecular formula is C22H32N2O5. The molecule has 1 atom stereocenters. The monoisotopic (exact) mass is 404 g/mol. The summed E-state index contributed by atoms with van der Waals surface area (Å²) >= 11 is 0. The summed E-state index contributed by atoms with van der Waals surface area (Å²) in [6.45, 7) is 7.77. The van der Waals surface area contributed by atoms with E-state index in [2.05, 4.69) is 12.2 Å². The van der Waals surface area contributed by atoms with Crippen LogP contribution in [0.5, 0.6) is 5.75 Å². The van der Waals surface area contributed by atoms with Crippen molar-refractivity contribution in [2.75, 3.05) is 26.3 Å². The van der Waals surface area contributed by atoms with Crippen molar-refractivity contribution < 1.29 is 23.9 Å². The predicted octanol–water partition coefficient (Wildman–Crippen LogP) is 2.79. The summed E-state index contributed by atoms with van der Waals surface area (Å²) in [7, 11) is 0. The Bertz CT molecular complexity index is 704. The van der Waals surface area contributed by atoms with Crippen LogP contribution in [0.2, 0.25) is 0 Å². The number of hydrogen-bond acceptors (Lipinski definition) is 5. The van der Waals surface area contributed by atoms with Crippen LogP contribution >= 0.6 is 0 Å². The first-order chi connectivity index (χ1) is 13.9. The van der Waals surface area contributed by atoms with E-state index in [1.165, 1.54) is 4.90 Å². The third-order valence-electron chi connectivity index (χ3n) is 4.76. The van der Waals surface area contributed by atoms with Gasteiger partial charge in [0.1, 0.15) is 11.8 Å². The number of rotatable bonds is 10. The van der Waals surface area contributed by atoms with Gasteiger partial charge in [-0.25, -0.2) is 0 Å². The molecule has 160 valence electrons. The zero-order valence-corrected chi connectivity index (χ0v) is 17.6. The van der Waals surface area contributed by atoms with Gasteiger partial charge in [0, 0.05) is 18.7 Å². The summed E-state index contributed by atoms with van der Waals surface area (Å²) in [5.41, 5.74) is 0.437. The minimum atomic E-state index is -0.868. The Kier molecular flexibility index (Phi) is 8.96. The zero-order chi connectivity index (χ0) is 21.2. The number of carbonyl (C=O) groups excluding carboxylic acids is 3. The van der Waals surface area contributed by atoms with E-state index in [0.29, 0.717) is 43.5 Å². The minimum Gasteiger partial charge on any atom is -0.494 e. The average Bonchev–Trinajstić information content (AvgIpc) is 2.69. The minimum absolute atomic E-state index is 0.150. The fourth-order valence-electron chi connectivity index (χ4n) is 3.01. The van der Waals surface area contributed by atoms with Gasteiger partial charge < -0.3 is 19.7 Å². The summed E-state index contributed by atoms with van der Waals surface area (Å²) in [5, 5.41) is 2.73. The Morgan fingerprint density at radius 1 is 1.28 bits per heavy atom. The first kappa shape index (κ1) is 22.7. The van der Waals surface area contributed by atoms with Gasteiger partial charge in [-0.1, -0.05) is 33.3 Å². The highest BCUT2D eigenvalue weighted by Gasteiger charge is 2.35. The lowest BCUT2D eigenvalue weighted by molar-refractivity contribution is -0.148. The smallest absolute Gasteiger partial charge is 0.308 e. The van der Waals surface area contributed by atoms with Crippen molar-refractivity contribution >= 4 is 17.8 Å². The maximum Gasteiger partial charge on any atom is 0.308 e. The normalized spacial score (nSPS) is 16.5. The van der Waals surface area contributed by atoms with Gasteiger partial charge in [0.2, 0.25) is 5.91 Å². The van der Waals surface area contributed by atoms with Gasteiger partial charge in [-0.05, 0) is 37.0 Å². The molecule has 0 aromatic heterocycles. The van der Waals surface area contributed by atoms with E-state index in [-0.39, 0.29) is 18.2 Å². The molecule has 7 heteroatoms. The van der Waals surface area contributed by atoms with Crippen molar-refractivity contribution in [2.24, 2.45) is 5.92 Å². The van der Waals surface area contributed by atoms with Crippen LogP contribution in [0.25, 0.3) is 0 Å². The molecule has 2 amide bonds. The molecule has 1 unspecified atom stereocenters. The quantitative estimate of drug-likeness (QED) is 0.479. The highest BCUT2D eigenvalue weighted by Crippen LogP contribution is 2.19. The number of benzene rings is 1. The Balaban J connectivity index is 2.05. The highest BCUT2D eigenvalue weighted by atomic mass is 16.5. The fourth-order valence-corrected chi connectivity index (χ4v) is 3.01. The number of amides is 2. The van der Waals surface area contributed by atoms with Gasteiger partial charge in [0.15, 0.2) is 0 Å². The molecular weight excluding hydrogens is 372 g/mol. The van der Waals surface area contributed by atoms with Crippen molar-refractivity contribution in [3.8, 4) is 5.75 Å². The highest BCUT2D eigenvalue weighted by molar-refractivity contribution is 5.99. The van der Waals surface area contributed by atoms with Gasteiger partial charge in [-0.2, -0.15) is 0 Å². The van der Waals surface area contributed by atoms with E-state index in [0.717, 1.165) is 19.3 Å². The third kappa shape index (κ3) is 7.07. The lowest BCUT2D eigenvalue weighted by Crippen LogP contribution is -2.57. The number of ether oxygens (including phenoxy) is 2. The molecule has 1 aliphatic rings. The van der Waals surface area contributed by atoms with Gasteiger partial charge in [-0.3, -0.25) is 14.4 Å². The van der Waals surface area contributed by atoms with Crippen LogP contribution in [0.15, 0.2) is 24.3 Å². The molecule has 29 heavy (non-hydrogen) atoms. The first-order valence-electron chi connectivity index (χ1n) is 10.4. The van der Waals surface area contributed by atoms with Gasteiger partial charge in [0.25, 0.3) is 5.91 Å². The Morgan fingerprint density at radius 2 is 2.07 bits per heavy atom.